The highest BCUT2D eigenvalue weighted by atomic mass is 19.3. The molecule has 0 unspecified atom stereocenters. The van der Waals surface area contributed by atoms with Crippen LogP contribution in [-0.4, -0.2) is 31.2 Å². The molecule has 0 atom stereocenters. The van der Waals surface area contributed by atoms with E-state index >= 15 is 0 Å². The first-order valence-corrected chi connectivity index (χ1v) is 6.10. The number of piperidine rings is 1. The fourth-order valence-electron chi connectivity index (χ4n) is 2.44. The number of phenols is 1. The maximum absolute atomic E-state index is 13.0. The fraction of sp³-hybridized carbons (Fsp3) is 0.538. The van der Waals surface area contributed by atoms with E-state index in [-0.39, 0.29) is 12.3 Å². The average Bonchev–Trinajstić information content (AvgIpc) is 2.39. The summed E-state index contributed by atoms with van der Waals surface area (Å²) < 4.78 is 26.1. The van der Waals surface area contributed by atoms with Crippen molar-refractivity contribution in [3.8, 4) is 5.75 Å². The van der Waals surface area contributed by atoms with Gasteiger partial charge in [0.1, 0.15) is 5.75 Å². The number of rotatable bonds is 3. The van der Waals surface area contributed by atoms with Crippen LogP contribution in [0.15, 0.2) is 24.3 Å². The third-order valence-electron chi connectivity index (χ3n) is 3.85. The van der Waals surface area contributed by atoms with Gasteiger partial charge in [0.15, 0.2) is 0 Å². The average molecular weight is 256 g/mol. The van der Waals surface area contributed by atoms with Gasteiger partial charge in [0.25, 0.3) is 0 Å². The smallest absolute Gasteiger partial charge is 0.245 e. The second-order valence-electron chi connectivity index (χ2n) is 4.84. The van der Waals surface area contributed by atoms with Crippen LogP contribution in [0.2, 0.25) is 0 Å². The van der Waals surface area contributed by atoms with E-state index in [2.05, 4.69) is 0 Å². The highest BCUT2D eigenvalue weighted by Crippen LogP contribution is 2.39. The topological polar surface area (TPSA) is 49.5 Å². The van der Waals surface area contributed by atoms with Crippen LogP contribution in [0.3, 0.4) is 0 Å². The predicted molar refractivity (Wildman–Crippen MR) is 67.0 cm³/mol. The maximum Gasteiger partial charge on any atom is 0.245 e. The fourth-order valence-corrected chi connectivity index (χ4v) is 2.44. The number of phenolic OH excluding ortho intramolecular Hbond substituents is 1. The van der Waals surface area contributed by atoms with Crippen LogP contribution in [-0.2, 0) is 0 Å². The molecule has 3 N–H and O–H groups in total. The SMILES string of the molecule is NCC1(C(F)F)CCN(c2ccccc2O)CC1. The number of benzene rings is 1. The van der Waals surface area contributed by atoms with Crippen LogP contribution in [0.4, 0.5) is 14.5 Å². The summed E-state index contributed by atoms with van der Waals surface area (Å²) in [4.78, 5) is 1.94. The molecular formula is C13H18F2N2O. The van der Waals surface area contributed by atoms with Gasteiger partial charge in [-0.1, -0.05) is 12.1 Å². The largest absolute Gasteiger partial charge is 0.506 e. The van der Waals surface area contributed by atoms with Gasteiger partial charge < -0.3 is 15.7 Å². The molecule has 1 fully saturated rings. The Morgan fingerprint density at radius 1 is 1.28 bits per heavy atom. The van der Waals surface area contributed by atoms with Crippen molar-refractivity contribution in [3.63, 3.8) is 0 Å². The van der Waals surface area contributed by atoms with Gasteiger partial charge in [-0.25, -0.2) is 8.78 Å². The first-order valence-electron chi connectivity index (χ1n) is 6.10. The number of alkyl halides is 2. The van der Waals surface area contributed by atoms with Crippen LogP contribution in [0.5, 0.6) is 5.75 Å². The minimum atomic E-state index is -2.38. The van der Waals surface area contributed by atoms with Gasteiger partial charge in [0.05, 0.1) is 5.69 Å². The molecule has 0 bridgehead atoms. The summed E-state index contributed by atoms with van der Waals surface area (Å²) in [5.74, 6) is 0.190. The summed E-state index contributed by atoms with van der Waals surface area (Å²) in [6.45, 7) is 1.01. The standard InChI is InChI=1S/C13H18F2N2O/c14-12(15)13(9-16)5-7-17(8-6-13)10-3-1-2-4-11(10)18/h1-4,12,18H,5-9,16H2. The van der Waals surface area contributed by atoms with Crippen LogP contribution < -0.4 is 10.6 Å². The number of halogens is 2. The molecule has 1 saturated heterocycles. The molecule has 0 spiro atoms. The molecular weight excluding hydrogens is 238 g/mol. The summed E-state index contributed by atoms with van der Waals surface area (Å²) in [6.07, 6.45) is -1.67. The lowest BCUT2D eigenvalue weighted by Gasteiger charge is -2.41. The van der Waals surface area contributed by atoms with E-state index in [0.717, 1.165) is 0 Å². The van der Waals surface area contributed by atoms with Gasteiger partial charge in [-0.05, 0) is 25.0 Å². The maximum atomic E-state index is 13.0. The van der Waals surface area contributed by atoms with Crippen molar-refractivity contribution in [2.24, 2.45) is 11.1 Å². The van der Waals surface area contributed by atoms with Gasteiger partial charge in [0, 0.05) is 25.0 Å². The monoisotopic (exact) mass is 256 g/mol. The third-order valence-corrected chi connectivity index (χ3v) is 3.85. The molecule has 1 aromatic carbocycles. The molecule has 1 aliphatic rings. The molecule has 1 heterocycles. The third kappa shape index (κ3) is 2.27. The van der Waals surface area contributed by atoms with E-state index in [9.17, 15) is 13.9 Å². The highest BCUT2D eigenvalue weighted by molar-refractivity contribution is 5.57. The number of anilines is 1. The van der Waals surface area contributed by atoms with Gasteiger partial charge in [-0.15, -0.1) is 0 Å². The zero-order valence-corrected chi connectivity index (χ0v) is 10.1. The molecule has 1 aromatic rings. The molecule has 3 nitrogen and oxygen atoms in total. The Kier molecular flexibility index (Phi) is 3.71. The Morgan fingerprint density at radius 3 is 2.39 bits per heavy atom. The van der Waals surface area contributed by atoms with Crippen molar-refractivity contribution in [2.45, 2.75) is 19.3 Å². The molecule has 0 saturated carbocycles. The van der Waals surface area contributed by atoms with Crippen LogP contribution in [0.1, 0.15) is 12.8 Å². The Labute approximate surface area is 105 Å². The summed E-state index contributed by atoms with van der Waals surface area (Å²) in [5.41, 5.74) is 5.16. The Bertz CT molecular complexity index is 404. The number of para-hydroxylation sites is 2. The van der Waals surface area contributed by atoms with Gasteiger partial charge >= 0.3 is 0 Å². The summed E-state index contributed by atoms with van der Waals surface area (Å²) in [7, 11) is 0. The normalized spacial score (nSPS) is 19.2. The van der Waals surface area contributed by atoms with Crippen molar-refractivity contribution in [1.82, 2.24) is 0 Å². The van der Waals surface area contributed by atoms with Crippen molar-refractivity contribution in [2.75, 3.05) is 24.5 Å². The number of nitrogens with zero attached hydrogens (tertiary/aromatic N) is 1. The zero-order chi connectivity index (χ0) is 13.2. The van der Waals surface area contributed by atoms with Crippen molar-refractivity contribution < 1.29 is 13.9 Å². The lowest BCUT2D eigenvalue weighted by atomic mass is 9.78. The number of aromatic hydroxyl groups is 1. The van der Waals surface area contributed by atoms with Crippen molar-refractivity contribution in [3.05, 3.63) is 24.3 Å². The molecule has 0 amide bonds. The molecule has 0 aliphatic carbocycles. The Hall–Kier alpha value is -1.36. The minimum absolute atomic E-state index is 0.0132. The number of hydrogen-bond donors (Lipinski definition) is 2. The van der Waals surface area contributed by atoms with Crippen LogP contribution in [0.25, 0.3) is 0 Å². The quantitative estimate of drug-likeness (QED) is 0.871. The molecule has 0 aromatic heterocycles. The van der Waals surface area contributed by atoms with E-state index in [0.29, 0.717) is 31.6 Å². The lowest BCUT2D eigenvalue weighted by molar-refractivity contribution is -0.0160. The Balaban J connectivity index is 2.09. The van der Waals surface area contributed by atoms with Gasteiger partial charge in [0.2, 0.25) is 6.43 Å². The first-order chi connectivity index (χ1) is 8.59. The molecule has 5 heteroatoms. The molecule has 100 valence electrons. The second-order valence-corrected chi connectivity index (χ2v) is 4.84. The molecule has 0 radical (unpaired) electrons. The van der Waals surface area contributed by atoms with E-state index < -0.39 is 11.8 Å². The molecule has 1 aliphatic heterocycles. The number of nitrogens with two attached hydrogens (primary N) is 1. The first kappa shape index (κ1) is 13.1. The van der Waals surface area contributed by atoms with Gasteiger partial charge in [-0.3, -0.25) is 0 Å². The zero-order valence-electron chi connectivity index (χ0n) is 10.1. The van der Waals surface area contributed by atoms with E-state index in [1.54, 1.807) is 18.2 Å². The summed E-state index contributed by atoms with van der Waals surface area (Å²) in [5, 5.41) is 9.74. The van der Waals surface area contributed by atoms with E-state index in [1.807, 2.05) is 11.0 Å². The number of hydrogen-bond acceptors (Lipinski definition) is 3. The highest BCUT2D eigenvalue weighted by Gasteiger charge is 2.41. The van der Waals surface area contributed by atoms with E-state index in [1.165, 1.54) is 0 Å². The van der Waals surface area contributed by atoms with E-state index in [4.69, 9.17) is 5.73 Å². The summed E-state index contributed by atoms with van der Waals surface area (Å²) >= 11 is 0. The minimum Gasteiger partial charge on any atom is -0.506 e. The predicted octanol–water partition coefficient (Wildman–Crippen LogP) is 2.20. The summed E-state index contributed by atoms with van der Waals surface area (Å²) in [6, 6.07) is 6.97. The van der Waals surface area contributed by atoms with Crippen LogP contribution >= 0.6 is 0 Å². The second kappa shape index (κ2) is 5.10. The lowest BCUT2D eigenvalue weighted by Crippen LogP contribution is -2.48. The van der Waals surface area contributed by atoms with Crippen molar-refractivity contribution in [1.29, 1.82) is 0 Å². The van der Waals surface area contributed by atoms with Gasteiger partial charge in [-0.2, -0.15) is 0 Å². The Morgan fingerprint density at radius 2 is 1.89 bits per heavy atom. The molecule has 2 rings (SSSR count). The van der Waals surface area contributed by atoms with Crippen molar-refractivity contribution >= 4 is 5.69 Å². The molecule has 18 heavy (non-hydrogen) atoms. The van der Waals surface area contributed by atoms with Crippen LogP contribution in [0, 0.1) is 5.41 Å².